The number of carbonyl (C=O) groups is 2. The third-order valence-electron chi connectivity index (χ3n) is 5.37. The largest absolute Gasteiger partial charge is 0.497 e. The number of fused-ring (bicyclic) bond motifs is 1. The third kappa shape index (κ3) is 3.84. The second kappa shape index (κ2) is 8.14. The van der Waals surface area contributed by atoms with Gasteiger partial charge in [-0.15, -0.1) is 0 Å². The van der Waals surface area contributed by atoms with E-state index in [0.717, 1.165) is 22.4 Å². The molecule has 31 heavy (non-hydrogen) atoms. The third-order valence-corrected chi connectivity index (χ3v) is 5.37. The Morgan fingerprint density at radius 1 is 1.13 bits per heavy atom. The van der Waals surface area contributed by atoms with Crippen LogP contribution in [0.1, 0.15) is 23.6 Å². The lowest BCUT2D eigenvalue weighted by Crippen LogP contribution is -2.36. The summed E-state index contributed by atoms with van der Waals surface area (Å²) in [5, 5.41) is 10.4. The van der Waals surface area contributed by atoms with Gasteiger partial charge >= 0.3 is 0 Å². The van der Waals surface area contributed by atoms with Crippen LogP contribution in [0, 0.1) is 13.8 Å². The Hall–Kier alpha value is -3.81. The van der Waals surface area contributed by atoms with Crippen molar-refractivity contribution < 1.29 is 19.1 Å². The number of hydrogen-bond donors (Lipinski definition) is 2. The van der Waals surface area contributed by atoms with E-state index >= 15 is 0 Å². The molecule has 0 aliphatic carbocycles. The van der Waals surface area contributed by atoms with Gasteiger partial charge in [0.15, 0.2) is 0 Å². The van der Waals surface area contributed by atoms with E-state index in [9.17, 15) is 9.59 Å². The average molecular weight is 420 g/mol. The molecular weight excluding hydrogens is 396 g/mol. The van der Waals surface area contributed by atoms with Gasteiger partial charge in [0.2, 0.25) is 11.8 Å². The summed E-state index contributed by atoms with van der Waals surface area (Å²) in [6.45, 7) is 3.90. The molecule has 160 valence electrons. The highest BCUT2D eigenvalue weighted by atomic mass is 16.5. The Kier molecular flexibility index (Phi) is 5.37. The molecular formula is C23H24N4O4. The zero-order chi connectivity index (χ0) is 22.1. The van der Waals surface area contributed by atoms with E-state index in [4.69, 9.17) is 14.6 Å². The van der Waals surface area contributed by atoms with Crippen LogP contribution in [0.25, 0.3) is 11.3 Å². The van der Waals surface area contributed by atoms with Crippen LogP contribution in [0.5, 0.6) is 11.5 Å². The molecule has 1 unspecified atom stereocenters. The molecule has 3 aromatic rings. The molecule has 2 N–H and O–H groups in total. The molecule has 8 heteroatoms. The molecule has 1 atom stereocenters. The molecule has 0 fully saturated rings. The van der Waals surface area contributed by atoms with Crippen LogP contribution in [0.4, 0.5) is 11.5 Å². The van der Waals surface area contributed by atoms with Crippen molar-refractivity contribution in [2.75, 3.05) is 24.9 Å². The first-order chi connectivity index (χ1) is 14.9. The first-order valence-electron chi connectivity index (χ1n) is 9.90. The predicted molar refractivity (Wildman–Crippen MR) is 118 cm³/mol. The van der Waals surface area contributed by atoms with Gasteiger partial charge in [0.05, 0.1) is 32.0 Å². The van der Waals surface area contributed by atoms with Crippen LogP contribution >= 0.6 is 0 Å². The lowest BCUT2D eigenvalue weighted by Gasteiger charge is -2.24. The number of rotatable bonds is 5. The van der Waals surface area contributed by atoms with Crippen LogP contribution in [0.15, 0.2) is 42.5 Å². The number of aryl methyl sites for hydroxylation is 1. The first-order valence-corrected chi connectivity index (χ1v) is 9.90. The minimum atomic E-state index is -0.794. The molecule has 8 nitrogen and oxygen atoms in total. The number of anilines is 2. The average Bonchev–Trinajstić information content (AvgIpc) is 3.10. The molecule has 0 bridgehead atoms. The quantitative estimate of drug-likeness (QED) is 0.656. The van der Waals surface area contributed by atoms with Crippen molar-refractivity contribution in [3.05, 3.63) is 53.6 Å². The summed E-state index contributed by atoms with van der Waals surface area (Å²) in [5.41, 5.74) is 4.07. The number of nitrogens with one attached hydrogen (secondary N) is 2. The van der Waals surface area contributed by atoms with Gasteiger partial charge < -0.3 is 20.1 Å². The smallest absolute Gasteiger partial charge is 0.249 e. The fraction of sp³-hybridized carbons (Fsp3) is 0.261. The number of nitrogens with zero attached hydrogens (tertiary/aromatic N) is 2. The van der Waals surface area contributed by atoms with E-state index in [0.29, 0.717) is 23.0 Å². The summed E-state index contributed by atoms with van der Waals surface area (Å²) in [6, 6.07) is 12.3. The number of benzene rings is 2. The van der Waals surface area contributed by atoms with Crippen molar-refractivity contribution in [2.24, 2.45) is 0 Å². The van der Waals surface area contributed by atoms with E-state index in [-0.39, 0.29) is 18.2 Å². The normalized spacial score (nSPS) is 15.1. The second-order valence-electron chi connectivity index (χ2n) is 7.46. The molecule has 2 amide bonds. The van der Waals surface area contributed by atoms with Crippen LogP contribution < -0.4 is 20.1 Å². The van der Waals surface area contributed by atoms with Gasteiger partial charge in [-0.3, -0.25) is 9.59 Å². The number of methoxy groups -OCH3 is 2. The van der Waals surface area contributed by atoms with Gasteiger partial charge in [0.25, 0.3) is 0 Å². The van der Waals surface area contributed by atoms with Crippen molar-refractivity contribution in [2.45, 2.75) is 26.3 Å². The molecule has 1 aromatic heterocycles. The Balaban J connectivity index is 1.70. The Bertz CT molecular complexity index is 1150. The number of hydrogen-bond acceptors (Lipinski definition) is 5. The van der Waals surface area contributed by atoms with Crippen LogP contribution in [-0.2, 0) is 9.59 Å². The topological polar surface area (TPSA) is 94.5 Å². The second-order valence-corrected chi connectivity index (χ2v) is 7.46. The molecule has 0 spiro atoms. The van der Waals surface area contributed by atoms with Crippen molar-refractivity contribution in [3.63, 3.8) is 0 Å². The highest BCUT2D eigenvalue weighted by Crippen LogP contribution is 2.35. The van der Waals surface area contributed by atoms with Gasteiger partial charge in [-0.2, -0.15) is 5.10 Å². The van der Waals surface area contributed by atoms with Gasteiger partial charge in [-0.1, -0.05) is 29.8 Å². The zero-order valence-corrected chi connectivity index (χ0v) is 17.9. The maximum atomic E-state index is 13.2. The summed E-state index contributed by atoms with van der Waals surface area (Å²) in [5.74, 6) is 1.01. The summed E-state index contributed by atoms with van der Waals surface area (Å²) >= 11 is 0. The summed E-state index contributed by atoms with van der Waals surface area (Å²) in [6.07, 6.45) is -0.0143. The maximum absolute atomic E-state index is 13.2. The first kappa shape index (κ1) is 20.5. The molecule has 1 aliphatic heterocycles. The van der Waals surface area contributed by atoms with E-state index < -0.39 is 6.04 Å². The molecule has 2 aromatic carbocycles. The predicted octanol–water partition coefficient (Wildman–Crippen LogP) is 3.71. The molecule has 0 radical (unpaired) electrons. The molecule has 0 saturated carbocycles. The minimum absolute atomic E-state index is 0.0143. The van der Waals surface area contributed by atoms with E-state index in [1.807, 2.05) is 38.1 Å². The lowest BCUT2D eigenvalue weighted by molar-refractivity contribution is -0.125. The standard InChI is InChI=1S/C23H24N4O4/c1-13-5-7-15(8-6-13)21-14(2)22-25-20(28)12-18(27(22)26-21)23(29)24-17-11-16(30-3)9-10-19(17)31-4/h5-11,18H,12H2,1-4H3,(H,24,29)(H,25,28). The highest BCUT2D eigenvalue weighted by molar-refractivity contribution is 6.02. The molecule has 0 saturated heterocycles. The Labute approximate surface area is 180 Å². The number of amides is 2. The monoisotopic (exact) mass is 420 g/mol. The highest BCUT2D eigenvalue weighted by Gasteiger charge is 2.34. The maximum Gasteiger partial charge on any atom is 0.249 e. The Morgan fingerprint density at radius 3 is 2.55 bits per heavy atom. The lowest BCUT2D eigenvalue weighted by atomic mass is 10.1. The van der Waals surface area contributed by atoms with Crippen molar-refractivity contribution in [1.82, 2.24) is 9.78 Å². The van der Waals surface area contributed by atoms with Gasteiger partial charge in [-0.05, 0) is 26.0 Å². The fourth-order valence-corrected chi connectivity index (χ4v) is 3.66. The fourth-order valence-electron chi connectivity index (χ4n) is 3.66. The van der Waals surface area contributed by atoms with E-state index in [1.165, 1.54) is 7.11 Å². The van der Waals surface area contributed by atoms with Crippen molar-refractivity contribution in [3.8, 4) is 22.8 Å². The molecule has 2 heterocycles. The van der Waals surface area contributed by atoms with Gasteiger partial charge in [-0.25, -0.2) is 4.68 Å². The van der Waals surface area contributed by atoms with Crippen LogP contribution in [-0.4, -0.2) is 35.8 Å². The SMILES string of the molecule is COc1ccc(OC)c(NC(=O)C2CC(=O)Nc3c(C)c(-c4ccc(C)cc4)nn32)c1. The summed E-state index contributed by atoms with van der Waals surface area (Å²) in [7, 11) is 3.07. The minimum Gasteiger partial charge on any atom is -0.497 e. The van der Waals surface area contributed by atoms with E-state index in [2.05, 4.69) is 10.6 Å². The summed E-state index contributed by atoms with van der Waals surface area (Å²) < 4.78 is 12.2. The summed E-state index contributed by atoms with van der Waals surface area (Å²) in [4.78, 5) is 25.6. The number of carbonyl (C=O) groups excluding carboxylic acids is 2. The Morgan fingerprint density at radius 2 is 1.87 bits per heavy atom. The van der Waals surface area contributed by atoms with Gasteiger partial charge in [0, 0.05) is 17.2 Å². The van der Waals surface area contributed by atoms with E-state index in [1.54, 1.807) is 30.0 Å². The molecule has 1 aliphatic rings. The van der Waals surface area contributed by atoms with Crippen LogP contribution in [0.3, 0.4) is 0 Å². The van der Waals surface area contributed by atoms with Gasteiger partial charge in [0.1, 0.15) is 23.4 Å². The van der Waals surface area contributed by atoms with Crippen molar-refractivity contribution >= 4 is 23.3 Å². The van der Waals surface area contributed by atoms with Crippen molar-refractivity contribution in [1.29, 1.82) is 0 Å². The number of aromatic nitrogens is 2. The molecule has 4 rings (SSSR count). The van der Waals surface area contributed by atoms with Crippen LogP contribution in [0.2, 0.25) is 0 Å². The number of ether oxygens (including phenoxy) is 2. The zero-order valence-electron chi connectivity index (χ0n) is 17.9.